The normalized spacial score (nSPS) is 27.6. The maximum atomic E-state index is 13.0. The van der Waals surface area contributed by atoms with Gasteiger partial charge in [-0.15, -0.1) is 0 Å². The predicted molar refractivity (Wildman–Crippen MR) is 102 cm³/mol. The van der Waals surface area contributed by atoms with E-state index in [9.17, 15) is 9.59 Å². The van der Waals surface area contributed by atoms with Gasteiger partial charge in [0, 0.05) is 37.8 Å². The van der Waals surface area contributed by atoms with E-state index in [1.54, 1.807) is 4.90 Å². The monoisotopic (exact) mass is 372 g/mol. The van der Waals surface area contributed by atoms with Crippen molar-refractivity contribution in [2.24, 2.45) is 11.8 Å². The first kappa shape index (κ1) is 18.1. The van der Waals surface area contributed by atoms with Gasteiger partial charge >= 0.3 is 0 Å². The summed E-state index contributed by atoms with van der Waals surface area (Å²) in [5, 5.41) is 0. The molecule has 0 spiro atoms. The maximum absolute atomic E-state index is 13.0. The molecule has 1 aromatic carbocycles. The smallest absolute Gasteiger partial charge is 0.228 e. The number of benzene rings is 1. The number of nitrogens with zero attached hydrogens (tertiary/aromatic N) is 2. The summed E-state index contributed by atoms with van der Waals surface area (Å²) >= 11 is 0. The second kappa shape index (κ2) is 7.41. The fraction of sp³-hybridized carbons (Fsp3) is 0.619. The van der Waals surface area contributed by atoms with Gasteiger partial charge in [0.05, 0.1) is 5.92 Å². The summed E-state index contributed by atoms with van der Waals surface area (Å²) in [6, 6.07) is 5.85. The SMILES string of the molecule is CC1CCC(N(C)C(=O)C2CC(=O)N(c3ccc4c(c3)OCCO4)C2)CC1. The molecule has 6 heteroatoms. The van der Waals surface area contributed by atoms with E-state index in [0.717, 1.165) is 24.4 Å². The Hall–Kier alpha value is -2.24. The minimum absolute atomic E-state index is 0.00399. The van der Waals surface area contributed by atoms with Gasteiger partial charge in [0.25, 0.3) is 0 Å². The van der Waals surface area contributed by atoms with E-state index in [0.29, 0.717) is 37.3 Å². The number of amides is 2. The highest BCUT2D eigenvalue weighted by molar-refractivity contribution is 6.00. The molecule has 146 valence electrons. The van der Waals surface area contributed by atoms with Crippen molar-refractivity contribution < 1.29 is 19.1 Å². The van der Waals surface area contributed by atoms with Crippen LogP contribution in [-0.2, 0) is 9.59 Å². The van der Waals surface area contributed by atoms with Crippen LogP contribution in [0.2, 0.25) is 0 Å². The molecule has 4 rings (SSSR count). The Balaban J connectivity index is 1.43. The van der Waals surface area contributed by atoms with Gasteiger partial charge in [-0.2, -0.15) is 0 Å². The van der Waals surface area contributed by atoms with Gasteiger partial charge in [0.15, 0.2) is 11.5 Å². The number of hydrogen-bond acceptors (Lipinski definition) is 4. The van der Waals surface area contributed by atoms with Crippen LogP contribution >= 0.6 is 0 Å². The van der Waals surface area contributed by atoms with Gasteiger partial charge in [0.2, 0.25) is 11.8 Å². The molecule has 0 N–H and O–H groups in total. The Bertz CT molecular complexity index is 727. The van der Waals surface area contributed by atoms with Gasteiger partial charge in [-0.3, -0.25) is 9.59 Å². The van der Waals surface area contributed by atoms with Crippen LogP contribution in [0.4, 0.5) is 5.69 Å². The van der Waals surface area contributed by atoms with Crippen molar-refractivity contribution in [3.63, 3.8) is 0 Å². The fourth-order valence-electron chi connectivity index (χ4n) is 4.42. The number of ether oxygens (including phenoxy) is 2. The Morgan fingerprint density at radius 2 is 1.81 bits per heavy atom. The van der Waals surface area contributed by atoms with E-state index in [1.807, 2.05) is 30.1 Å². The second-order valence-corrected chi connectivity index (χ2v) is 8.10. The van der Waals surface area contributed by atoms with Gasteiger partial charge < -0.3 is 19.3 Å². The Kier molecular flexibility index (Phi) is 4.98. The molecule has 27 heavy (non-hydrogen) atoms. The molecule has 1 saturated carbocycles. The molecule has 0 aromatic heterocycles. The van der Waals surface area contributed by atoms with E-state index in [4.69, 9.17) is 9.47 Å². The molecule has 1 aromatic rings. The second-order valence-electron chi connectivity index (χ2n) is 8.10. The summed E-state index contributed by atoms with van der Waals surface area (Å²) in [6.07, 6.45) is 4.76. The van der Waals surface area contributed by atoms with Gasteiger partial charge in [-0.25, -0.2) is 0 Å². The number of rotatable bonds is 3. The molecule has 1 aliphatic carbocycles. The third kappa shape index (κ3) is 3.62. The quantitative estimate of drug-likeness (QED) is 0.819. The molecule has 2 aliphatic heterocycles. The molecule has 6 nitrogen and oxygen atoms in total. The highest BCUT2D eigenvalue weighted by Gasteiger charge is 2.38. The Labute approximate surface area is 160 Å². The molecule has 1 unspecified atom stereocenters. The molecule has 1 saturated heterocycles. The summed E-state index contributed by atoms with van der Waals surface area (Å²) in [6.45, 7) is 3.76. The minimum Gasteiger partial charge on any atom is -0.486 e. The van der Waals surface area contributed by atoms with Crippen LogP contribution in [0.5, 0.6) is 11.5 Å². The minimum atomic E-state index is -0.268. The van der Waals surface area contributed by atoms with Crippen molar-refractivity contribution in [2.45, 2.75) is 45.1 Å². The lowest BCUT2D eigenvalue weighted by atomic mass is 9.86. The maximum Gasteiger partial charge on any atom is 0.228 e. The van der Waals surface area contributed by atoms with Crippen molar-refractivity contribution in [3.8, 4) is 11.5 Å². The van der Waals surface area contributed by atoms with Crippen LogP contribution in [0.1, 0.15) is 39.0 Å². The highest BCUT2D eigenvalue weighted by Crippen LogP contribution is 2.36. The van der Waals surface area contributed by atoms with Crippen molar-refractivity contribution in [3.05, 3.63) is 18.2 Å². The van der Waals surface area contributed by atoms with E-state index < -0.39 is 0 Å². The van der Waals surface area contributed by atoms with Crippen molar-refractivity contribution in [1.82, 2.24) is 4.90 Å². The van der Waals surface area contributed by atoms with Crippen molar-refractivity contribution >= 4 is 17.5 Å². The summed E-state index contributed by atoms with van der Waals surface area (Å²) in [7, 11) is 1.90. The fourth-order valence-corrected chi connectivity index (χ4v) is 4.42. The van der Waals surface area contributed by atoms with E-state index in [2.05, 4.69) is 6.92 Å². The first-order valence-electron chi connectivity index (χ1n) is 9.99. The predicted octanol–water partition coefficient (Wildman–Crippen LogP) is 2.85. The Morgan fingerprint density at radius 3 is 2.56 bits per heavy atom. The topological polar surface area (TPSA) is 59.1 Å². The van der Waals surface area contributed by atoms with Crippen LogP contribution in [0.25, 0.3) is 0 Å². The van der Waals surface area contributed by atoms with E-state index in [-0.39, 0.29) is 24.2 Å². The van der Waals surface area contributed by atoms with Crippen LogP contribution in [0.15, 0.2) is 18.2 Å². The number of carbonyl (C=O) groups is 2. The summed E-state index contributed by atoms with van der Waals surface area (Å²) in [5.74, 6) is 1.95. The third-order valence-corrected chi connectivity index (χ3v) is 6.19. The first-order valence-corrected chi connectivity index (χ1v) is 9.99. The molecule has 0 radical (unpaired) electrons. The Morgan fingerprint density at radius 1 is 1.11 bits per heavy atom. The molecular weight excluding hydrogens is 344 g/mol. The van der Waals surface area contributed by atoms with Crippen molar-refractivity contribution in [2.75, 3.05) is 31.7 Å². The zero-order valence-corrected chi connectivity index (χ0v) is 16.1. The number of carbonyl (C=O) groups excluding carboxylic acids is 2. The summed E-state index contributed by atoms with van der Waals surface area (Å²) in [5.41, 5.74) is 0.772. The van der Waals surface area contributed by atoms with Crippen LogP contribution in [-0.4, -0.2) is 49.6 Å². The van der Waals surface area contributed by atoms with Gasteiger partial charge in [0.1, 0.15) is 13.2 Å². The highest BCUT2D eigenvalue weighted by atomic mass is 16.6. The van der Waals surface area contributed by atoms with Crippen LogP contribution in [0.3, 0.4) is 0 Å². The number of hydrogen-bond donors (Lipinski definition) is 0. The first-order chi connectivity index (χ1) is 13.0. The molecule has 2 amide bonds. The molecule has 2 heterocycles. The van der Waals surface area contributed by atoms with E-state index >= 15 is 0 Å². The average molecular weight is 372 g/mol. The molecule has 2 fully saturated rings. The lowest BCUT2D eigenvalue weighted by molar-refractivity contribution is -0.137. The lowest BCUT2D eigenvalue weighted by Gasteiger charge is -2.34. The lowest BCUT2D eigenvalue weighted by Crippen LogP contribution is -2.43. The van der Waals surface area contributed by atoms with Crippen LogP contribution < -0.4 is 14.4 Å². The van der Waals surface area contributed by atoms with Crippen molar-refractivity contribution in [1.29, 1.82) is 0 Å². The molecule has 0 bridgehead atoms. The van der Waals surface area contributed by atoms with Crippen LogP contribution in [0, 0.1) is 11.8 Å². The van der Waals surface area contributed by atoms with E-state index in [1.165, 1.54) is 12.8 Å². The molecule has 1 atom stereocenters. The van der Waals surface area contributed by atoms with Gasteiger partial charge in [-0.05, 0) is 43.7 Å². The molecule has 3 aliphatic rings. The summed E-state index contributed by atoms with van der Waals surface area (Å²) in [4.78, 5) is 29.2. The zero-order valence-electron chi connectivity index (χ0n) is 16.1. The zero-order chi connectivity index (χ0) is 19.0. The standard InChI is InChI=1S/C21H28N2O4/c1-14-3-5-16(6-4-14)22(2)21(25)15-11-20(24)23(13-15)17-7-8-18-19(12-17)27-10-9-26-18/h7-8,12,14-16H,3-6,9-11,13H2,1-2H3. The van der Waals surface area contributed by atoms with Gasteiger partial charge in [-0.1, -0.05) is 6.92 Å². The largest absolute Gasteiger partial charge is 0.486 e. The number of anilines is 1. The average Bonchev–Trinajstić information content (AvgIpc) is 3.08. The third-order valence-electron chi connectivity index (χ3n) is 6.19. The number of fused-ring (bicyclic) bond motifs is 1. The summed E-state index contributed by atoms with van der Waals surface area (Å²) < 4.78 is 11.2. The molecular formula is C21H28N2O4.